The Bertz CT molecular complexity index is 932. The summed E-state index contributed by atoms with van der Waals surface area (Å²) in [6.07, 6.45) is 4.64. The maximum atomic E-state index is 12.7. The number of thiazole rings is 1. The largest absolute Gasteiger partial charge is 0.296 e. The molecule has 0 saturated heterocycles. The van der Waals surface area contributed by atoms with Gasteiger partial charge in [-0.25, -0.2) is 4.98 Å². The van der Waals surface area contributed by atoms with Crippen LogP contribution in [0.4, 0.5) is 5.13 Å². The van der Waals surface area contributed by atoms with Crippen molar-refractivity contribution < 1.29 is 4.79 Å². The number of hydrogen-bond acceptors (Lipinski definition) is 7. The molecule has 3 heterocycles. The molecule has 3 aromatic rings. The van der Waals surface area contributed by atoms with E-state index in [4.69, 9.17) is 0 Å². The Morgan fingerprint density at radius 3 is 2.81 bits per heavy atom. The number of nitrogens with one attached hydrogen (secondary N) is 1. The van der Waals surface area contributed by atoms with Gasteiger partial charge in [0.15, 0.2) is 0 Å². The third-order valence-corrected chi connectivity index (χ3v) is 5.91. The van der Waals surface area contributed by atoms with Crippen molar-refractivity contribution in [2.75, 3.05) is 5.32 Å². The highest BCUT2D eigenvalue weighted by molar-refractivity contribution is 7.17. The molecule has 0 aromatic carbocycles. The standard InChI is InChI=1S/C19H23N5OS2/c1-5-6-14-10-13(7-8-20-14)18-21-12(4)16(27-18)17(25)22-19-24-23-15(26-19)9-11(2)3/h7-8,10-11H,5-6,9H2,1-4H3,(H,22,24,25). The van der Waals surface area contributed by atoms with Crippen molar-refractivity contribution in [3.8, 4) is 10.6 Å². The molecule has 27 heavy (non-hydrogen) atoms. The van der Waals surface area contributed by atoms with Crippen LogP contribution in [0.15, 0.2) is 18.3 Å². The van der Waals surface area contributed by atoms with E-state index in [-0.39, 0.29) is 5.91 Å². The first-order chi connectivity index (χ1) is 13.0. The molecule has 0 aliphatic carbocycles. The van der Waals surface area contributed by atoms with Gasteiger partial charge in [0, 0.05) is 23.9 Å². The van der Waals surface area contributed by atoms with E-state index >= 15 is 0 Å². The molecule has 3 rings (SSSR count). The predicted molar refractivity (Wildman–Crippen MR) is 110 cm³/mol. The second kappa shape index (κ2) is 8.67. The number of aryl methyl sites for hydroxylation is 2. The van der Waals surface area contributed by atoms with Crippen LogP contribution in [0, 0.1) is 12.8 Å². The summed E-state index contributed by atoms with van der Waals surface area (Å²) in [5, 5.41) is 13.4. The van der Waals surface area contributed by atoms with Crippen LogP contribution in [0.5, 0.6) is 0 Å². The molecule has 3 aromatic heterocycles. The Morgan fingerprint density at radius 2 is 2.07 bits per heavy atom. The predicted octanol–water partition coefficient (Wildman–Crippen LogP) is 4.77. The summed E-state index contributed by atoms with van der Waals surface area (Å²) in [6.45, 7) is 8.25. The zero-order valence-electron chi connectivity index (χ0n) is 15.9. The van der Waals surface area contributed by atoms with Gasteiger partial charge in [0.05, 0.1) is 5.69 Å². The van der Waals surface area contributed by atoms with E-state index in [1.54, 1.807) is 6.20 Å². The molecule has 1 amide bonds. The van der Waals surface area contributed by atoms with Crippen molar-refractivity contribution in [1.82, 2.24) is 20.2 Å². The Kier molecular flexibility index (Phi) is 6.28. The molecule has 0 bridgehead atoms. The molecule has 0 saturated carbocycles. The quantitative estimate of drug-likeness (QED) is 0.617. The first kappa shape index (κ1) is 19.6. The number of carbonyl (C=O) groups excluding carboxylic acids is 1. The Balaban J connectivity index is 1.76. The van der Waals surface area contributed by atoms with Crippen molar-refractivity contribution in [2.24, 2.45) is 5.92 Å². The van der Waals surface area contributed by atoms with Gasteiger partial charge in [-0.1, -0.05) is 38.5 Å². The first-order valence-corrected chi connectivity index (χ1v) is 10.7. The van der Waals surface area contributed by atoms with E-state index in [9.17, 15) is 4.79 Å². The van der Waals surface area contributed by atoms with Gasteiger partial charge in [-0.2, -0.15) is 0 Å². The van der Waals surface area contributed by atoms with Crippen LogP contribution in [-0.4, -0.2) is 26.1 Å². The summed E-state index contributed by atoms with van der Waals surface area (Å²) < 4.78 is 0. The minimum absolute atomic E-state index is 0.189. The van der Waals surface area contributed by atoms with Crippen LogP contribution < -0.4 is 5.32 Å². The molecule has 0 fully saturated rings. The highest BCUT2D eigenvalue weighted by atomic mass is 32.1. The molecule has 0 atom stereocenters. The first-order valence-electron chi connectivity index (χ1n) is 9.02. The molecule has 6 nitrogen and oxygen atoms in total. The second-order valence-corrected chi connectivity index (χ2v) is 8.83. The molecular weight excluding hydrogens is 378 g/mol. The third-order valence-electron chi connectivity index (χ3n) is 3.84. The van der Waals surface area contributed by atoms with Crippen molar-refractivity contribution >= 4 is 33.7 Å². The van der Waals surface area contributed by atoms with Crippen LogP contribution in [0.25, 0.3) is 10.6 Å². The maximum absolute atomic E-state index is 12.7. The number of nitrogens with zero attached hydrogens (tertiary/aromatic N) is 4. The van der Waals surface area contributed by atoms with Crippen LogP contribution in [0.1, 0.15) is 53.3 Å². The fourth-order valence-corrected chi connectivity index (χ4v) is 4.53. The normalized spacial score (nSPS) is 11.1. The number of hydrogen-bond donors (Lipinski definition) is 1. The molecular formula is C19H23N5OS2. The lowest BCUT2D eigenvalue weighted by Gasteiger charge is -2.00. The fourth-order valence-electron chi connectivity index (χ4n) is 2.62. The summed E-state index contributed by atoms with van der Waals surface area (Å²) in [6, 6.07) is 3.98. The van der Waals surface area contributed by atoms with Gasteiger partial charge in [0.1, 0.15) is 14.9 Å². The smallest absolute Gasteiger partial charge is 0.269 e. The topological polar surface area (TPSA) is 80.7 Å². The van der Waals surface area contributed by atoms with E-state index in [0.717, 1.165) is 40.5 Å². The van der Waals surface area contributed by atoms with Crippen LogP contribution in [0.2, 0.25) is 0 Å². The average molecular weight is 402 g/mol. The zero-order valence-corrected chi connectivity index (χ0v) is 17.6. The van der Waals surface area contributed by atoms with E-state index in [0.29, 0.717) is 21.6 Å². The van der Waals surface area contributed by atoms with Crippen LogP contribution in [0.3, 0.4) is 0 Å². The Morgan fingerprint density at radius 1 is 1.26 bits per heavy atom. The number of carbonyl (C=O) groups is 1. The maximum Gasteiger partial charge on any atom is 0.269 e. The minimum Gasteiger partial charge on any atom is -0.296 e. The minimum atomic E-state index is -0.189. The summed E-state index contributed by atoms with van der Waals surface area (Å²) in [4.78, 5) is 22.2. The van der Waals surface area contributed by atoms with Gasteiger partial charge >= 0.3 is 0 Å². The van der Waals surface area contributed by atoms with Crippen LogP contribution >= 0.6 is 22.7 Å². The number of amides is 1. The van der Waals surface area contributed by atoms with Crippen molar-refractivity contribution in [3.63, 3.8) is 0 Å². The molecule has 142 valence electrons. The van der Waals surface area contributed by atoms with Crippen molar-refractivity contribution in [3.05, 3.63) is 39.6 Å². The van der Waals surface area contributed by atoms with E-state index in [1.807, 2.05) is 19.1 Å². The SMILES string of the molecule is CCCc1cc(-c2nc(C)c(C(=O)Nc3nnc(CC(C)C)s3)s2)ccn1. The summed E-state index contributed by atoms with van der Waals surface area (Å²) in [5.41, 5.74) is 2.75. The van der Waals surface area contributed by atoms with Crippen molar-refractivity contribution in [1.29, 1.82) is 0 Å². The number of rotatable bonds is 7. The fraction of sp³-hybridized carbons (Fsp3) is 0.421. The Hall–Kier alpha value is -2.19. The van der Waals surface area contributed by atoms with Crippen LogP contribution in [-0.2, 0) is 12.8 Å². The number of anilines is 1. The third kappa shape index (κ3) is 4.95. The van der Waals surface area contributed by atoms with Crippen molar-refractivity contribution in [2.45, 2.75) is 47.0 Å². The van der Waals surface area contributed by atoms with E-state index in [2.05, 4.69) is 46.3 Å². The molecule has 0 spiro atoms. The molecule has 0 unspecified atom stereocenters. The van der Waals surface area contributed by atoms with Gasteiger partial charge in [-0.3, -0.25) is 15.1 Å². The van der Waals surface area contributed by atoms with E-state index < -0.39 is 0 Å². The second-order valence-electron chi connectivity index (χ2n) is 6.77. The lowest BCUT2D eigenvalue weighted by Crippen LogP contribution is -2.11. The monoisotopic (exact) mass is 401 g/mol. The number of pyridine rings is 1. The summed E-state index contributed by atoms with van der Waals surface area (Å²) in [5.74, 6) is 0.317. The molecule has 1 N–H and O–H groups in total. The highest BCUT2D eigenvalue weighted by Crippen LogP contribution is 2.29. The van der Waals surface area contributed by atoms with Gasteiger partial charge in [0.2, 0.25) is 5.13 Å². The average Bonchev–Trinajstić information content (AvgIpc) is 3.21. The molecule has 0 aliphatic heterocycles. The zero-order chi connectivity index (χ0) is 19.4. The Labute approximate surface area is 167 Å². The van der Waals surface area contributed by atoms with Gasteiger partial charge in [0.25, 0.3) is 5.91 Å². The van der Waals surface area contributed by atoms with Gasteiger partial charge in [-0.05, 0) is 31.4 Å². The lowest BCUT2D eigenvalue weighted by molar-refractivity contribution is 0.102. The molecule has 0 radical (unpaired) electrons. The highest BCUT2D eigenvalue weighted by Gasteiger charge is 2.18. The molecule has 8 heteroatoms. The van der Waals surface area contributed by atoms with E-state index in [1.165, 1.54) is 22.7 Å². The number of aromatic nitrogens is 4. The lowest BCUT2D eigenvalue weighted by atomic mass is 10.1. The molecule has 0 aliphatic rings. The van der Waals surface area contributed by atoms with Gasteiger partial charge in [-0.15, -0.1) is 21.5 Å². The van der Waals surface area contributed by atoms with Gasteiger partial charge < -0.3 is 0 Å². The summed E-state index contributed by atoms with van der Waals surface area (Å²) in [7, 11) is 0. The summed E-state index contributed by atoms with van der Waals surface area (Å²) >= 11 is 2.81.